The summed E-state index contributed by atoms with van der Waals surface area (Å²) >= 11 is 0. The maximum absolute atomic E-state index is 13.6. The molecule has 3 aromatic rings. The summed E-state index contributed by atoms with van der Waals surface area (Å²) in [6, 6.07) is 6.99. The summed E-state index contributed by atoms with van der Waals surface area (Å²) in [5.41, 5.74) is 7.17. The number of alkyl halides is 3. The summed E-state index contributed by atoms with van der Waals surface area (Å²) in [5, 5.41) is 13.2. The molecular formula is C39H52F3N7O4. The number of carbonyl (C=O) groups excluding carboxylic acids is 1. The lowest BCUT2D eigenvalue weighted by Crippen LogP contribution is -2.50. The molecule has 1 saturated carbocycles. The number of amides is 2. The number of hydrogen-bond acceptors (Lipinski definition) is 8. The minimum Gasteiger partial charge on any atom is -0.496 e. The van der Waals surface area contributed by atoms with Crippen LogP contribution in [0.3, 0.4) is 0 Å². The second kappa shape index (κ2) is 16.4. The van der Waals surface area contributed by atoms with Crippen LogP contribution in [-0.2, 0) is 11.0 Å². The average molecular weight is 740 g/mol. The van der Waals surface area contributed by atoms with Gasteiger partial charge in [0.15, 0.2) is 0 Å². The third-order valence-corrected chi connectivity index (χ3v) is 11.5. The first kappa shape index (κ1) is 38.4. The number of methoxy groups -OCH3 is 1. The van der Waals surface area contributed by atoms with Crippen LogP contribution in [-0.4, -0.2) is 94.7 Å². The van der Waals surface area contributed by atoms with Crippen molar-refractivity contribution in [2.24, 2.45) is 11.8 Å². The summed E-state index contributed by atoms with van der Waals surface area (Å²) in [4.78, 5) is 40.1. The molecule has 11 nitrogen and oxygen atoms in total. The van der Waals surface area contributed by atoms with Crippen LogP contribution in [0.5, 0.6) is 5.75 Å². The fourth-order valence-electron chi connectivity index (χ4n) is 8.39. The molecule has 0 radical (unpaired) electrons. The molecule has 2 aromatic carbocycles. The zero-order valence-corrected chi connectivity index (χ0v) is 30.9. The summed E-state index contributed by atoms with van der Waals surface area (Å²) in [6.45, 7) is 9.08. The van der Waals surface area contributed by atoms with E-state index in [0.717, 1.165) is 113 Å². The summed E-state index contributed by atoms with van der Waals surface area (Å²) < 4.78 is 46.5. The molecule has 0 unspecified atom stereocenters. The quantitative estimate of drug-likeness (QED) is 0.183. The molecule has 3 fully saturated rings. The molecule has 3 aliphatic rings. The van der Waals surface area contributed by atoms with Gasteiger partial charge in [0, 0.05) is 62.3 Å². The number of likely N-dealkylation sites (tertiary alicyclic amines) is 1. The van der Waals surface area contributed by atoms with Crippen molar-refractivity contribution >= 4 is 34.4 Å². The largest absolute Gasteiger partial charge is 0.496 e. The number of benzene rings is 2. The van der Waals surface area contributed by atoms with Gasteiger partial charge in [-0.25, -0.2) is 14.8 Å². The van der Waals surface area contributed by atoms with Gasteiger partial charge in [0.25, 0.3) is 0 Å². The molecule has 288 valence electrons. The fraction of sp³-hybridized carbons (Fsp3) is 0.590. The minimum absolute atomic E-state index is 0.00937. The number of piperidine rings is 1. The lowest BCUT2D eigenvalue weighted by atomic mass is 9.77. The van der Waals surface area contributed by atoms with Crippen molar-refractivity contribution < 1.29 is 32.6 Å². The van der Waals surface area contributed by atoms with Crippen molar-refractivity contribution in [2.75, 3.05) is 64.0 Å². The molecule has 3 heterocycles. The number of carboxylic acid groups (broad SMARTS) is 1. The maximum Gasteiger partial charge on any atom is 0.416 e. The number of ether oxygens (including phenoxy) is 1. The molecule has 1 atom stereocenters. The van der Waals surface area contributed by atoms with Gasteiger partial charge in [-0.05, 0) is 119 Å². The predicted octanol–water partition coefficient (Wildman–Crippen LogP) is 7.31. The van der Waals surface area contributed by atoms with Gasteiger partial charge in [0.1, 0.15) is 17.4 Å². The Morgan fingerprint density at radius 1 is 0.962 bits per heavy atom. The van der Waals surface area contributed by atoms with E-state index in [0.29, 0.717) is 41.7 Å². The predicted molar refractivity (Wildman–Crippen MR) is 198 cm³/mol. The van der Waals surface area contributed by atoms with Gasteiger partial charge in [-0.3, -0.25) is 9.69 Å². The third-order valence-electron chi connectivity index (χ3n) is 11.5. The number of hydrogen-bond donors (Lipinski definition) is 3. The Morgan fingerprint density at radius 2 is 1.66 bits per heavy atom. The van der Waals surface area contributed by atoms with Crippen molar-refractivity contribution in [2.45, 2.75) is 83.4 Å². The van der Waals surface area contributed by atoms with Crippen LogP contribution in [0.25, 0.3) is 10.9 Å². The zero-order chi connectivity index (χ0) is 37.9. The number of nitrogens with two attached hydrogens (primary N) is 1. The van der Waals surface area contributed by atoms with Gasteiger partial charge < -0.3 is 30.7 Å². The number of halogens is 3. The highest BCUT2D eigenvalue weighted by molar-refractivity contribution is 5.91. The Hall–Kier alpha value is -4.33. The van der Waals surface area contributed by atoms with E-state index in [1.54, 1.807) is 21.0 Å². The molecule has 2 aliphatic heterocycles. The van der Waals surface area contributed by atoms with Crippen molar-refractivity contribution in [3.05, 3.63) is 52.8 Å². The number of nitrogens with zero attached hydrogens (tertiary/aromatic N) is 5. The van der Waals surface area contributed by atoms with Gasteiger partial charge in [0.05, 0.1) is 24.2 Å². The number of nitrogen functional groups attached to an aromatic ring is 1. The van der Waals surface area contributed by atoms with E-state index >= 15 is 0 Å². The van der Waals surface area contributed by atoms with Crippen molar-refractivity contribution in [3.63, 3.8) is 0 Å². The second-order valence-corrected chi connectivity index (χ2v) is 15.1. The molecule has 0 spiro atoms. The number of aryl methyl sites for hydroxylation is 1. The summed E-state index contributed by atoms with van der Waals surface area (Å²) in [6.07, 6.45) is 2.01. The number of rotatable bonds is 10. The van der Waals surface area contributed by atoms with Crippen LogP contribution in [0.15, 0.2) is 30.3 Å². The lowest BCUT2D eigenvalue weighted by Gasteiger charge is -2.38. The number of nitrogens with one attached hydrogen (secondary N) is 1. The van der Waals surface area contributed by atoms with Crippen LogP contribution < -0.4 is 15.8 Å². The third kappa shape index (κ3) is 9.25. The summed E-state index contributed by atoms with van der Waals surface area (Å²) in [5.74, 6) is 2.75. The molecule has 4 N–H and O–H groups in total. The molecule has 2 saturated heterocycles. The molecule has 0 bridgehead atoms. The van der Waals surface area contributed by atoms with Crippen molar-refractivity contribution in [1.29, 1.82) is 0 Å². The number of anilines is 2. The Bertz CT molecular complexity index is 1770. The topological polar surface area (TPSA) is 137 Å². The van der Waals surface area contributed by atoms with Crippen LogP contribution in [0.4, 0.5) is 29.5 Å². The zero-order valence-electron chi connectivity index (χ0n) is 30.9. The van der Waals surface area contributed by atoms with E-state index < -0.39 is 23.9 Å². The second-order valence-electron chi connectivity index (χ2n) is 15.1. The van der Waals surface area contributed by atoms with E-state index in [-0.39, 0.29) is 23.4 Å². The maximum atomic E-state index is 13.6. The van der Waals surface area contributed by atoms with Gasteiger partial charge in [-0.1, -0.05) is 0 Å². The Kier molecular flexibility index (Phi) is 11.9. The van der Waals surface area contributed by atoms with Crippen molar-refractivity contribution in [1.82, 2.24) is 24.7 Å². The Balaban J connectivity index is 1.05. The molecule has 2 amide bonds. The van der Waals surface area contributed by atoms with Gasteiger partial charge >= 0.3 is 12.3 Å². The van der Waals surface area contributed by atoms with E-state index in [4.69, 9.17) is 10.5 Å². The first-order valence-corrected chi connectivity index (χ1v) is 18.9. The van der Waals surface area contributed by atoms with E-state index in [2.05, 4.69) is 20.2 Å². The normalized spacial score (nSPS) is 21.1. The lowest BCUT2D eigenvalue weighted by molar-refractivity contribution is -0.138. The highest BCUT2D eigenvalue weighted by Crippen LogP contribution is 2.43. The monoisotopic (exact) mass is 739 g/mol. The highest BCUT2D eigenvalue weighted by atomic mass is 19.4. The number of fused-ring (bicyclic) bond motifs is 1. The molecule has 14 heteroatoms. The molecule has 1 aromatic heterocycles. The Morgan fingerprint density at radius 3 is 2.30 bits per heavy atom. The Labute approximate surface area is 309 Å². The molecule has 1 aliphatic carbocycles. The molecule has 53 heavy (non-hydrogen) atoms. The first-order valence-electron chi connectivity index (χ1n) is 18.9. The standard InChI is InChI=1S/C39H52F3N7O4/c1-24(29-19-30(39(40,41)42)21-31(43)20-29)44-36-33-22-32(35(53-3)23-34(33)45-25(2)46-36)27-6-8-28(9-7-27)37(50)48-17-15-47(16-18-48)12-4-5-26-10-13-49(14-11-26)38(51)52/h19-24,26-28H,4-18,43H2,1-3H3,(H,51,52)(H,44,45,46)/t24-,27?,28?/m1/s1. The number of carbonyl (C=O) groups is 2. The van der Waals surface area contributed by atoms with Gasteiger partial charge in [-0.15, -0.1) is 0 Å². The van der Waals surface area contributed by atoms with Gasteiger partial charge in [-0.2, -0.15) is 13.2 Å². The van der Waals surface area contributed by atoms with Crippen LogP contribution in [0, 0.1) is 18.8 Å². The van der Waals surface area contributed by atoms with Crippen LogP contribution in [0.1, 0.15) is 92.8 Å². The van der Waals surface area contributed by atoms with Crippen LogP contribution in [0.2, 0.25) is 0 Å². The minimum atomic E-state index is -4.52. The van der Waals surface area contributed by atoms with E-state index in [9.17, 15) is 27.9 Å². The average Bonchev–Trinajstić information content (AvgIpc) is 3.14. The molecular weight excluding hydrogens is 687 g/mol. The fourth-order valence-corrected chi connectivity index (χ4v) is 8.39. The van der Waals surface area contributed by atoms with E-state index in [1.165, 1.54) is 11.0 Å². The molecule has 6 rings (SSSR count). The van der Waals surface area contributed by atoms with Crippen molar-refractivity contribution in [3.8, 4) is 5.75 Å². The SMILES string of the molecule is COc1cc2nc(C)nc(N[C@H](C)c3cc(N)cc(C(F)(F)F)c3)c2cc1C1CCC(C(=O)N2CCN(CCCC3CCN(C(=O)O)CC3)CC2)CC1. The first-order chi connectivity index (χ1) is 25.3. The summed E-state index contributed by atoms with van der Waals surface area (Å²) in [7, 11) is 1.64. The van der Waals surface area contributed by atoms with Crippen LogP contribution >= 0.6 is 0 Å². The van der Waals surface area contributed by atoms with E-state index in [1.807, 2.05) is 17.0 Å². The highest BCUT2D eigenvalue weighted by Gasteiger charge is 2.34. The number of piperazine rings is 1. The number of aromatic nitrogens is 2. The smallest absolute Gasteiger partial charge is 0.416 e. The van der Waals surface area contributed by atoms with Gasteiger partial charge in [0.2, 0.25) is 5.91 Å².